The molecule has 0 bridgehead atoms. The van der Waals surface area contributed by atoms with Gasteiger partial charge in [-0.2, -0.15) is 0 Å². The van der Waals surface area contributed by atoms with E-state index in [9.17, 15) is 9.59 Å². The minimum Gasteiger partial charge on any atom is -0.376 e. The maximum absolute atomic E-state index is 11.8. The van der Waals surface area contributed by atoms with E-state index in [1.165, 1.54) is 19.8 Å². The van der Waals surface area contributed by atoms with E-state index in [2.05, 4.69) is 16.0 Å². The number of carbonyl (C=O) groups excluding carboxylic acids is 2. The minimum absolute atomic E-state index is 0.0156. The summed E-state index contributed by atoms with van der Waals surface area (Å²) < 4.78 is 0. The van der Waals surface area contributed by atoms with Crippen LogP contribution in [-0.4, -0.2) is 24.4 Å². The van der Waals surface area contributed by atoms with Crippen molar-refractivity contribution < 1.29 is 9.59 Å². The molecule has 5 nitrogen and oxygen atoms in total. The second kappa shape index (κ2) is 6.93. The van der Waals surface area contributed by atoms with Crippen molar-refractivity contribution in [2.24, 2.45) is 0 Å². The van der Waals surface area contributed by atoms with E-state index in [4.69, 9.17) is 0 Å². The Morgan fingerprint density at radius 2 is 1.90 bits per heavy atom. The number of rotatable bonds is 5. The summed E-state index contributed by atoms with van der Waals surface area (Å²) in [6.07, 6.45) is 4.59. The molecular formula is C15H21N3O2. The molecule has 0 saturated heterocycles. The zero-order valence-corrected chi connectivity index (χ0v) is 11.7. The van der Waals surface area contributed by atoms with Gasteiger partial charge >= 0.3 is 0 Å². The number of hydrogen-bond donors (Lipinski definition) is 3. The highest BCUT2D eigenvalue weighted by molar-refractivity contribution is 5.89. The van der Waals surface area contributed by atoms with E-state index in [-0.39, 0.29) is 18.4 Å². The first kappa shape index (κ1) is 14.4. The number of anilines is 2. The van der Waals surface area contributed by atoms with E-state index < -0.39 is 0 Å². The van der Waals surface area contributed by atoms with Crippen molar-refractivity contribution >= 4 is 23.2 Å². The maximum Gasteiger partial charge on any atom is 0.239 e. The van der Waals surface area contributed by atoms with Crippen molar-refractivity contribution in [2.75, 3.05) is 17.2 Å². The van der Waals surface area contributed by atoms with E-state index in [1.54, 1.807) is 0 Å². The monoisotopic (exact) mass is 275 g/mol. The fraction of sp³-hybridized carbons (Fsp3) is 0.467. The molecule has 0 unspecified atom stereocenters. The van der Waals surface area contributed by atoms with Crippen LogP contribution < -0.4 is 16.0 Å². The Labute approximate surface area is 119 Å². The van der Waals surface area contributed by atoms with Crippen LogP contribution in [0.4, 0.5) is 11.4 Å². The van der Waals surface area contributed by atoms with Crippen LogP contribution >= 0.6 is 0 Å². The molecule has 0 radical (unpaired) electrons. The number of amides is 2. The fourth-order valence-electron chi connectivity index (χ4n) is 2.44. The summed E-state index contributed by atoms with van der Waals surface area (Å²) in [5.41, 5.74) is 1.54. The lowest BCUT2D eigenvalue weighted by Gasteiger charge is -2.13. The maximum atomic E-state index is 11.8. The van der Waals surface area contributed by atoms with Gasteiger partial charge < -0.3 is 16.0 Å². The van der Waals surface area contributed by atoms with Crippen molar-refractivity contribution in [1.82, 2.24) is 5.32 Å². The summed E-state index contributed by atoms with van der Waals surface area (Å²) >= 11 is 0. The normalized spacial score (nSPS) is 14.8. The van der Waals surface area contributed by atoms with Gasteiger partial charge in [-0.25, -0.2) is 0 Å². The molecule has 2 rings (SSSR count). The second-order valence-electron chi connectivity index (χ2n) is 5.16. The van der Waals surface area contributed by atoms with Crippen molar-refractivity contribution in [3.63, 3.8) is 0 Å². The average Bonchev–Trinajstić information content (AvgIpc) is 2.89. The quantitative estimate of drug-likeness (QED) is 0.771. The molecule has 0 aliphatic heterocycles. The van der Waals surface area contributed by atoms with Crippen LogP contribution in [0.5, 0.6) is 0 Å². The topological polar surface area (TPSA) is 70.2 Å². The first-order valence-electron chi connectivity index (χ1n) is 7.04. The van der Waals surface area contributed by atoms with Gasteiger partial charge in [-0.3, -0.25) is 9.59 Å². The standard InChI is InChI=1S/C15H21N3O2/c1-11(19)17-14-8-4-7-13(9-14)16-10-15(20)18-12-5-2-3-6-12/h4,7-9,12,16H,2-3,5-6,10H2,1H3,(H,17,19)(H,18,20). The molecule has 1 fully saturated rings. The third-order valence-corrected chi connectivity index (χ3v) is 3.36. The number of benzene rings is 1. The largest absolute Gasteiger partial charge is 0.376 e. The smallest absolute Gasteiger partial charge is 0.239 e. The van der Waals surface area contributed by atoms with Gasteiger partial charge in [-0.05, 0) is 31.0 Å². The van der Waals surface area contributed by atoms with Gasteiger partial charge in [0.1, 0.15) is 0 Å². The van der Waals surface area contributed by atoms with E-state index in [0.29, 0.717) is 6.04 Å². The van der Waals surface area contributed by atoms with Gasteiger partial charge in [-0.1, -0.05) is 18.9 Å². The zero-order valence-electron chi connectivity index (χ0n) is 11.7. The van der Waals surface area contributed by atoms with Gasteiger partial charge in [0, 0.05) is 24.3 Å². The van der Waals surface area contributed by atoms with Crippen LogP contribution in [0.15, 0.2) is 24.3 Å². The summed E-state index contributed by atoms with van der Waals surface area (Å²) in [5, 5.41) is 8.81. The third-order valence-electron chi connectivity index (χ3n) is 3.36. The number of carbonyl (C=O) groups is 2. The Morgan fingerprint density at radius 3 is 2.60 bits per heavy atom. The Kier molecular flexibility index (Phi) is 4.98. The Bertz CT molecular complexity index is 482. The van der Waals surface area contributed by atoms with Crippen molar-refractivity contribution in [1.29, 1.82) is 0 Å². The second-order valence-corrected chi connectivity index (χ2v) is 5.16. The molecule has 108 valence electrons. The summed E-state index contributed by atoms with van der Waals surface area (Å²) in [6, 6.07) is 7.67. The highest BCUT2D eigenvalue weighted by Gasteiger charge is 2.16. The molecule has 1 aromatic carbocycles. The first-order valence-corrected chi connectivity index (χ1v) is 7.04. The molecule has 0 atom stereocenters. The number of nitrogens with one attached hydrogen (secondary N) is 3. The van der Waals surface area contributed by atoms with Gasteiger partial charge in [0.2, 0.25) is 11.8 Å². The Morgan fingerprint density at radius 1 is 1.20 bits per heavy atom. The molecule has 1 saturated carbocycles. The van der Waals surface area contributed by atoms with Crippen LogP contribution in [0.3, 0.4) is 0 Å². The van der Waals surface area contributed by atoms with Crippen molar-refractivity contribution in [3.8, 4) is 0 Å². The Balaban J connectivity index is 1.80. The lowest BCUT2D eigenvalue weighted by molar-refractivity contribution is -0.120. The van der Waals surface area contributed by atoms with E-state index >= 15 is 0 Å². The van der Waals surface area contributed by atoms with Crippen LogP contribution in [0.2, 0.25) is 0 Å². The first-order chi connectivity index (χ1) is 9.63. The van der Waals surface area contributed by atoms with Gasteiger partial charge in [0.15, 0.2) is 0 Å². The van der Waals surface area contributed by atoms with Crippen LogP contribution in [-0.2, 0) is 9.59 Å². The fourth-order valence-corrected chi connectivity index (χ4v) is 2.44. The summed E-state index contributed by atoms with van der Waals surface area (Å²) in [4.78, 5) is 22.8. The average molecular weight is 275 g/mol. The molecule has 1 aliphatic rings. The lowest BCUT2D eigenvalue weighted by atomic mass is 10.2. The molecule has 20 heavy (non-hydrogen) atoms. The third kappa shape index (κ3) is 4.57. The molecule has 0 aromatic heterocycles. The summed E-state index contributed by atoms with van der Waals surface area (Å²) in [7, 11) is 0. The molecular weight excluding hydrogens is 254 g/mol. The zero-order chi connectivity index (χ0) is 14.4. The van der Waals surface area contributed by atoms with E-state index in [0.717, 1.165) is 24.2 Å². The highest BCUT2D eigenvalue weighted by Crippen LogP contribution is 2.17. The molecule has 0 heterocycles. The van der Waals surface area contributed by atoms with Gasteiger partial charge in [0.25, 0.3) is 0 Å². The molecule has 1 aromatic rings. The van der Waals surface area contributed by atoms with Crippen molar-refractivity contribution in [3.05, 3.63) is 24.3 Å². The highest BCUT2D eigenvalue weighted by atomic mass is 16.2. The SMILES string of the molecule is CC(=O)Nc1cccc(NCC(=O)NC2CCCC2)c1. The lowest BCUT2D eigenvalue weighted by Crippen LogP contribution is -2.36. The molecule has 0 spiro atoms. The van der Waals surface area contributed by atoms with Gasteiger partial charge in [-0.15, -0.1) is 0 Å². The predicted molar refractivity (Wildman–Crippen MR) is 79.6 cm³/mol. The van der Waals surface area contributed by atoms with Crippen LogP contribution in [0.25, 0.3) is 0 Å². The molecule has 5 heteroatoms. The molecule has 1 aliphatic carbocycles. The molecule has 2 amide bonds. The van der Waals surface area contributed by atoms with Gasteiger partial charge in [0.05, 0.1) is 6.54 Å². The van der Waals surface area contributed by atoms with Crippen LogP contribution in [0, 0.1) is 0 Å². The Hall–Kier alpha value is -2.04. The summed E-state index contributed by atoms with van der Waals surface area (Å²) in [5.74, 6) is -0.0945. The van der Waals surface area contributed by atoms with Crippen LogP contribution in [0.1, 0.15) is 32.6 Å². The number of hydrogen-bond acceptors (Lipinski definition) is 3. The van der Waals surface area contributed by atoms with Crippen molar-refractivity contribution in [2.45, 2.75) is 38.6 Å². The molecule has 3 N–H and O–H groups in total. The van der Waals surface area contributed by atoms with E-state index in [1.807, 2.05) is 24.3 Å². The summed E-state index contributed by atoms with van der Waals surface area (Å²) in [6.45, 7) is 1.72. The predicted octanol–water partition coefficient (Wildman–Crippen LogP) is 2.12. The minimum atomic E-state index is -0.110.